The van der Waals surface area contributed by atoms with Crippen molar-refractivity contribution in [2.24, 2.45) is 0 Å². The van der Waals surface area contributed by atoms with Gasteiger partial charge in [-0.05, 0) is 51.4 Å². The SMILES string of the molecule is CC(C)N(CC1CCCN1)C(=O)c1cc(Br)ccc1Cl. The molecule has 1 unspecified atom stereocenters. The number of amides is 1. The zero-order chi connectivity index (χ0) is 14.7. The first-order valence-corrected chi connectivity index (χ1v) is 8.15. The van der Waals surface area contributed by atoms with Gasteiger partial charge in [0.1, 0.15) is 0 Å². The minimum Gasteiger partial charge on any atom is -0.335 e. The minimum absolute atomic E-state index is 0.000000000000000444. The molecule has 0 radical (unpaired) electrons. The van der Waals surface area contributed by atoms with E-state index in [4.69, 9.17) is 11.6 Å². The maximum atomic E-state index is 12.7. The van der Waals surface area contributed by atoms with Gasteiger partial charge in [0.2, 0.25) is 0 Å². The van der Waals surface area contributed by atoms with Crippen molar-refractivity contribution in [2.75, 3.05) is 13.1 Å². The first kappa shape index (κ1) is 15.8. The Morgan fingerprint density at radius 1 is 1.55 bits per heavy atom. The van der Waals surface area contributed by atoms with E-state index in [1.54, 1.807) is 12.1 Å². The Balaban J connectivity index is 2.19. The second-order valence-electron chi connectivity index (χ2n) is 5.47. The fraction of sp³-hybridized carbons (Fsp3) is 0.533. The second kappa shape index (κ2) is 6.92. The van der Waals surface area contributed by atoms with Crippen LogP contribution in [0.3, 0.4) is 0 Å². The molecule has 110 valence electrons. The van der Waals surface area contributed by atoms with Crippen LogP contribution in [-0.4, -0.2) is 36.0 Å². The Bertz CT molecular complexity index is 487. The van der Waals surface area contributed by atoms with Gasteiger partial charge in [-0.25, -0.2) is 0 Å². The fourth-order valence-corrected chi connectivity index (χ4v) is 3.05. The molecule has 1 aromatic rings. The van der Waals surface area contributed by atoms with Crippen LogP contribution < -0.4 is 5.32 Å². The lowest BCUT2D eigenvalue weighted by atomic mass is 10.1. The van der Waals surface area contributed by atoms with Gasteiger partial charge in [-0.3, -0.25) is 4.79 Å². The van der Waals surface area contributed by atoms with Gasteiger partial charge >= 0.3 is 0 Å². The molecule has 1 atom stereocenters. The third-order valence-corrected chi connectivity index (χ3v) is 4.45. The summed E-state index contributed by atoms with van der Waals surface area (Å²) in [4.78, 5) is 14.6. The number of hydrogen-bond acceptors (Lipinski definition) is 2. The summed E-state index contributed by atoms with van der Waals surface area (Å²) in [5.74, 6) is 0.000000000000000444. The molecular weight excluding hydrogens is 340 g/mol. The molecule has 0 bridgehead atoms. The molecule has 0 aliphatic carbocycles. The first-order chi connectivity index (χ1) is 9.49. The largest absolute Gasteiger partial charge is 0.335 e. The third-order valence-electron chi connectivity index (χ3n) is 3.62. The van der Waals surface area contributed by atoms with Crippen LogP contribution in [0.2, 0.25) is 5.02 Å². The average molecular weight is 360 g/mol. The van der Waals surface area contributed by atoms with Crippen LogP contribution in [-0.2, 0) is 0 Å². The van der Waals surface area contributed by atoms with Crippen LogP contribution in [0.15, 0.2) is 22.7 Å². The van der Waals surface area contributed by atoms with Crippen molar-refractivity contribution >= 4 is 33.4 Å². The van der Waals surface area contributed by atoms with Gasteiger partial charge in [-0.15, -0.1) is 0 Å². The van der Waals surface area contributed by atoms with Crippen LogP contribution in [0, 0.1) is 0 Å². The summed E-state index contributed by atoms with van der Waals surface area (Å²) in [5.41, 5.74) is 0.563. The predicted molar refractivity (Wildman–Crippen MR) is 86.3 cm³/mol. The standard InChI is InChI=1S/C15H20BrClN2O/c1-10(2)19(9-12-4-3-7-18-12)15(20)13-8-11(16)5-6-14(13)17/h5-6,8,10,12,18H,3-4,7,9H2,1-2H3. The van der Waals surface area contributed by atoms with Gasteiger partial charge in [0.05, 0.1) is 10.6 Å². The Labute approximate surface area is 133 Å². The van der Waals surface area contributed by atoms with Crippen LogP contribution in [0.1, 0.15) is 37.0 Å². The van der Waals surface area contributed by atoms with Gasteiger partial charge in [0.25, 0.3) is 5.91 Å². The van der Waals surface area contributed by atoms with Crippen molar-refractivity contribution in [3.63, 3.8) is 0 Å². The minimum atomic E-state index is 0.000000000000000444. The summed E-state index contributed by atoms with van der Waals surface area (Å²) in [6.07, 6.45) is 2.31. The molecular formula is C15H20BrClN2O. The summed E-state index contributed by atoms with van der Waals surface area (Å²) < 4.78 is 0.868. The smallest absolute Gasteiger partial charge is 0.255 e. The lowest BCUT2D eigenvalue weighted by Crippen LogP contribution is -2.44. The van der Waals surface area contributed by atoms with Crippen LogP contribution in [0.5, 0.6) is 0 Å². The number of rotatable bonds is 4. The van der Waals surface area contributed by atoms with Crippen molar-refractivity contribution in [1.82, 2.24) is 10.2 Å². The van der Waals surface area contributed by atoms with Crippen molar-refractivity contribution in [2.45, 2.75) is 38.8 Å². The van der Waals surface area contributed by atoms with E-state index >= 15 is 0 Å². The highest BCUT2D eigenvalue weighted by atomic mass is 79.9. The van der Waals surface area contributed by atoms with Crippen molar-refractivity contribution in [1.29, 1.82) is 0 Å². The molecule has 0 aromatic heterocycles. The zero-order valence-electron chi connectivity index (χ0n) is 11.8. The van der Waals surface area contributed by atoms with Crippen LogP contribution >= 0.6 is 27.5 Å². The highest BCUT2D eigenvalue weighted by Gasteiger charge is 2.25. The summed E-state index contributed by atoms with van der Waals surface area (Å²) in [7, 11) is 0. The number of nitrogens with zero attached hydrogens (tertiary/aromatic N) is 1. The van der Waals surface area contributed by atoms with E-state index in [2.05, 4.69) is 21.2 Å². The molecule has 2 rings (SSSR count). The van der Waals surface area contributed by atoms with E-state index in [-0.39, 0.29) is 11.9 Å². The molecule has 0 spiro atoms. The Hall–Kier alpha value is -0.580. The van der Waals surface area contributed by atoms with Crippen molar-refractivity contribution < 1.29 is 4.79 Å². The molecule has 1 fully saturated rings. The number of hydrogen-bond donors (Lipinski definition) is 1. The van der Waals surface area contributed by atoms with E-state index < -0.39 is 0 Å². The number of benzene rings is 1. The van der Waals surface area contributed by atoms with E-state index in [9.17, 15) is 4.79 Å². The number of nitrogens with one attached hydrogen (secondary N) is 1. The molecule has 1 heterocycles. The molecule has 1 aliphatic heterocycles. The van der Waals surface area contributed by atoms with E-state index in [1.165, 1.54) is 6.42 Å². The summed E-state index contributed by atoms with van der Waals surface area (Å²) in [6, 6.07) is 5.94. The predicted octanol–water partition coefficient (Wildman–Crippen LogP) is 3.71. The van der Waals surface area contributed by atoms with Gasteiger partial charge in [0.15, 0.2) is 0 Å². The Morgan fingerprint density at radius 2 is 2.30 bits per heavy atom. The topological polar surface area (TPSA) is 32.3 Å². The Morgan fingerprint density at radius 3 is 2.90 bits per heavy atom. The summed E-state index contributed by atoms with van der Waals surface area (Å²) in [5, 5.41) is 3.94. The van der Waals surface area contributed by atoms with Crippen molar-refractivity contribution in [3.05, 3.63) is 33.3 Å². The number of carbonyl (C=O) groups is 1. The third kappa shape index (κ3) is 3.74. The average Bonchev–Trinajstić information content (AvgIpc) is 2.90. The first-order valence-electron chi connectivity index (χ1n) is 6.98. The lowest BCUT2D eigenvalue weighted by Gasteiger charge is -2.30. The summed E-state index contributed by atoms with van der Waals surface area (Å²) in [6.45, 7) is 5.86. The summed E-state index contributed by atoms with van der Waals surface area (Å²) >= 11 is 9.57. The molecule has 1 saturated heterocycles. The van der Waals surface area contributed by atoms with Gasteiger partial charge in [-0.2, -0.15) is 0 Å². The molecule has 1 amide bonds. The zero-order valence-corrected chi connectivity index (χ0v) is 14.2. The fourth-order valence-electron chi connectivity index (χ4n) is 2.49. The van der Waals surface area contributed by atoms with E-state index in [0.29, 0.717) is 16.6 Å². The van der Waals surface area contributed by atoms with E-state index in [0.717, 1.165) is 24.0 Å². The Kier molecular flexibility index (Phi) is 5.47. The molecule has 0 saturated carbocycles. The molecule has 1 aliphatic rings. The quantitative estimate of drug-likeness (QED) is 0.889. The van der Waals surface area contributed by atoms with Crippen molar-refractivity contribution in [3.8, 4) is 0 Å². The number of carbonyl (C=O) groups excluding carboxylic acids is 1. The van der Waals surface area contributed by atoms with Gasteiger partial charge in [0, 0.05) is 23.1 Å². The highest BCUT2D eigenvalue weighted by Crippen LogP contribution is 2.23. The number of halogens is 2. The molecule has 20 heavy (non-hydrogen) atoms. The normalized spacial score (nSPS) is 18.6. The lowest BCUT2D eigenvalue weighted by molar-refractivity contribution is 0.0689. The molecule has 1 N–H and O–H groups in total. The monoisotopic (exact) mass is 358 g/mol. The maximum absolute atomic E-state index is 12.7. The van der Waals surface area contributed by atoms with Crippen LogP contribution in [0.4, 0.5) is 0 Å². The van der Waals surface area contributed by atoms with Gasteiger partial charge in [-0.1, -0.05) is 27.5 Å². The van der Waals surface area contributed by atoms with E-state index in [1.807, 2.05) is 24.8 Å². The molecule has 1 aromatic carbocycles. The maximum Gasteiger partial charge on any atom is 0.255 e. The second-order valence-corrected chi connectivity index (χ2v) is 6.79. The highest BCUT2D eigenvalue weighted by molar-refractivity contribution is 9.10. The van der Waals surface area contributed by atoms with Gasteiger partial charge < -0.3 is 10.2 Å². The molecule has 5 heteroatoms. The molecule has 3 nitrogen and oxygen atoms in total. The van der Waals surface area contributed by atoms with Crippen LogP contribution in [0.25, 0.3) is 0 Å².